The van der Waals surface area contributed by atoms with Crippen LogP contribution in [0.3, 0.4) is 0 Å². The number of nitrogens with zero attached hydrogens (tertiary/aromatic N) is 1. The van der Waals surface area contributed by atoms with Crippen molar-refractivity contribution < 1.29 is 13.2 Å². The average molecular weight is 312 g/mol. The van der Waals surface area contributed by atoms with E-state index in [1.54, 1.807) is 24.3 Å². The van der Waals surface area contributed by atoms with Crippen LogP contribution in [0.1, 0.15) is 26.7 Å². The molecule has 1 N–H and O–H groups in total. The number of hydrogen-bond donors (Lipinski definition) is 1. The summed E-state index contributed by atoms with van der Waals surface area (Å²) < 4.78 is 31.7. The zero-order valence-electron chi connectivity index (χ0n) is 12.7. The van der Waals surface area contributed by atoms with Gasteiger partial charge in [0, 0.05) is 25.7 Å². The number of ether oxygens (including phenoxy) is 1. The van der Waals surface area contributed by atoms with Crippen molar-refractivity contribution in [1.29, 1.82) is 0 Å². The first-order valence-corrected chi connectivity index (χ1v) is 8.98. The van der Waals surface area contributed by atoms with E-state index in [1.165, 1.54) is 17.1 Å². The minimum atomic E-state index is -3.38. The number of sulfonamides is 1. The first-order chi connectivity index (χ1) is 10.1. The van der Waals surface area contributed by atoms with Crippen LogP contribution in [-0.2, 0) is 10.0 Å². The molecule has 1 aliphatic carbocycles. The van der Waals surface area contributed by atoms with Gasteiger partial charge in [0.05, 0.1) is 4.90 Å². The van der Waals surface area contributed by atoms with Crippen LogP contribution in [-0.4, -0.2) is 45.0 Å². The van der Waals surface area contributed by atoms with Crippen molar-refractivity contribution in [3.63, 3.8) is 0 Å². The van der Waals surface area contributed by atoms with E-state index in [9.17, 15) is 8.42 Å². The predicted octanol–water partition coefficient (Wildman–Crippen LogP) is 1.85. The molecule has 0 radical (unpaired) electrons. The van der Waals surface area contributed by atoms with Crippen molar-refractivity contribution in [3.05, 3.63) is 24.3 Å². The number of rotatable bonds is 9. The molecule has 21 heavy (non-hydrogen) atoms. The highest BCUT2D eigenvalue weighted by atomic mass is 32.2. The normalized spacial score (nSPS) is 15.4. The molecule has 0 saturated heterocycles. The van der Waals surface area contributed by atoms with E-state index < -0.39 is 10.0 Å². The molecule has 118 valence electrons. The molecule has 0 unspecified atom stereocenters. The zero-order valence-corrected chi connectivity index (χ0v) is 13.5. The van der Waals surface area contributed by atoms with Gasteiger partial charge in [-0.05, 0) is 37.1 Å². The Morgan fingerprint density at radius 3 is 2.33 bits per heavy atom. The van der Waals surface area contributed by atoms with Crippen molar-refractivity contribution in [2.75, 3.05) is 26.2 Å². The molecular weight excluding hydrogens is 288 g/mol. The SMILES string of the molecule is CCN(CC)S(=O)(=O)c1ccc(OCCNC2CC2)cc1. The molecule has 0 bridgehead atoms. The molecule has 6 heteroatoms. The molecular formula is C15H24N2O3S. The summed E-state index contributed by atoms with van der Waals surface area (Å²) >= 11 is 0. The summed E-state index contributed by atoms with van der Waals surface area (Å²) in [5.41, 5.74) is 0. The Hall–Kier alpha value is -1.11. The molecule has 1 aromatic carbocycles. The number of benzene rings is 1. The summed E-state index contributed by atoms with van der Waals surface area (Å²) in [4.78, 5) is 0.314. The largest absolute Gasteiger partial charge is 0.492 e. The third kappa shape index (κ3) is 4.43. The van der Waals surface area contributed by atoms with E-state index in [0.717, 1.165) is 6.54 Å². The van der Waals surface area contributed by atoms with Crippen LogP contribution in [0.5, 0.6) is 5.75 Å². The third-order valence-electron chi connectivity index (χ3n) is 3.55. The predicted molar refractivity (Wildman–Crippen MR) is 83.1 cm³/mol. The van der Waals surface area contributed by atoms with Crippen molar-refractivity contribution in [3.8, 4) is 5.75 Å². The quantitative estimate of drug-likeness (QED) is 0.707. The first kappa shape index (κ1) is 16.3. The Morgan fingerprint density at radius 2 is 1.81 bits per heavy atom. The van der Waals surface area contributed by atoms with Crippen LogP contribution in [0, 0.1) is 0 Å². The number of hydrogen-bond acceptors (Lipinski definition) is 4. The van der Waals surface area contributed by atoms with Gasteiger partial charge in [0.15, 0.2) is 0 Å². The van der Waals surface area contributed by atoms with Gasteiger partial charge in [-0.1, -0.05) is 13.8 Å². The maximum atomic E-state index is 12.3. The average Bonchev–Trinajstić information content (AvgIpc) is 3.29. The second-order valence-electron chi connectivity index (χ2n) is 5.14. The molecule has 0 aliphatic heterocycles. The first-order valence-electron chi connectivity index (χ1n) is 7.54. The Balaban J connectivity index is 1.91. The Labute approximate surface area is 127 Å². The Kier molecular flexibility index (Phi) is 5.61. The van der Waals surface area contributed by atoms with Gasteiger partial charge in [-0.2, -0.15) is 4.31 Å². The highest BCUT2D eigenvalue weighted by Crippen LogP contribution is 2.20. The molecule has 0 heterocycles. The van der Waals surface area contributed by atoms with Gasteiger partial charge < -0.3 is 10.1 Å². The minimum absolute atomic E-state index is 0.314. The highest BCUT2D eigenvalue weighted by Gasteiger charge is 2.21. The van der Waals surface area contributed by atoms with E-state index in [1.807, 2.05) is 13.8 Å². The fourth-order valence-corrected chi connectivity index (χ4v) is 3.60. The molecule has 2 rings (SSSR count). The van der Waals surface area contributed by atoms with Gasteiger partial charge in [-0.3, -0.25) is 0 Å². The van der Waals surface area contributed by atoms with Gasteiger partial charge in [0.25, 0.3) is 0 Å². The lowest BCUT2D eigenvalue weighted by Gasteiger charge is -2.18. The van der Waals surface area contributed by atoms with E-state index >= 15 is 0 Å². The fraction of sp³-hybridized carbons (Fsp3) is 0.600. The standard InChI is InChI=1S/C15H24N2O3S/c1-3-17(4-2)21(18,19)15-9-7-14(8-10-15)20-12-11-16-13-5-6-13/h7-10,13,16H,3-6,11-12H2,1-2H3. The molecule has 5 nitrogen and oxygen atoms in total. The smallest absolute Gasteiger partial charge is 0.243 e. The lowest BCUT2D eigenvalue weighted by Crippen LogP contribution is -2.30. The van der Waals surface area contributed by atoms with E-state index in [-0.39, 0.29) is 0 Å². The van der Waals surface area contributed by atoms with Gasteiger partial charge in [-0.15, -0.1) is 0 Å². The summed E-state index contributed by atoms with van der Waals surface area (Å²) in [6.07, 6.45) is 2.52. The second kappa shape index (κ2) is 7.24. The van der Waals surface area contributed by atoms with Crippen LogP contribution in [0.4, 0.5) is 0 Å². The Bertz CT molecular complexity index is 535. The molecule has 0 atom stereocenters. The maximum absolute atomic E-state index is 12.3. The fourth-order valence-electron chi connectivity index (χ4n) is 2.14. The lowest BCUT2D eigenvalue weighted by molar-refractivity contribution is 0.313. The van der Waals surface area contributed by atoms with Crippen LogP contribution in [0.2, 0.25) is 0 Å². The van der Waals surface area contributed by atoms with Gasteiger partial charge in [0.1, 0.15) is 12.4 Å². The summed E-state index contributed by atoms with van der Waals surface area (Å²) in [5, 5.41) is 3.37. The topological polar surface area (TPSA) is 58.6 Å². The maximum Gasteiger partial charge on any atom is 0.243 e. The van der Waals surface area contributed by atoms with E-state index in [4.69, 9.17) is 4.74 Å². The summed E-state index contributed by atoms with van der Waals surface area (Å²) in [6, 6.07) is 7.32. The number of nitrogens with one attached hydrogen (secondary N) is 1. The van der Waals surface area contributed by atoms with Crippen molar-refractivity contribution in [1.82, 2.24) is 9.62 Å². The summed E-state index contributed by atoms with van der Waals surface area (Å²) in [7, 11) is -3.38. The van der Waals surface area contributed by atoms with Gasteiger partial charge >= 0.3 is 0 Å². The minimum Gasteiger partial charge on any atom is -0.492 e. The van der Waals surface area contributed by atoms with Crippen LogP contribution < -0.4 is 10.1 Å². The van der Waals surface area contributed by atoms with Crippen LogP contribution >= 0.6 is 0 Å². The zero-order chi connectivity index (χ0) is 15.3. The molecule has 1 saturated carbocycles. The molecule has 1 aliphatic rings. The molecule has 0 spiro atoms. The van der Waals surface area contributed by atoms with Crippen LogP contribution in [0.25, 0.3) is 0 Å². The summed E-state index contributed by atoms with van der Waals surface area (Å²) in [5.74, 6) is 0.700. The second-order valence-corrected chi connectivity index (χ2v) is 7.08. The summed E-state index contributed by atoms with van der Waals surface area (Å²) in [6.45, 7) is 6.05. The van der Waals surface area contributed by atoms with Crippen LogP contribution in [0.15, 0.2) is 29.2 Å². The van der Waals surface area contributed by atoms with E-state index in [0.29, 0.717) is 36.4 Å². The van der Waals surface area contributed by atoms with Crippen molar-refractivity contribution in [2.24, 2.45) is 0 Å². The van der Waals surface area contributed by atoms with Crippen molar-refractivity contribution in [2.45, 2.75) is 37.6 Å². The Morgan fingerprint density at radius 1 is 1.19 bits per heavy atom. The van der Waals surface area contributed by atoms with Gasteiger partial charge in [0.2, 0.25) is 10.0 Å². The molecule has 0 amide bonds. The highest BCUT2D eigenvalue weighted by molar-refractivity contribution is 7.89. The third-order valence-corrected chi connectivity index (χ3v) is 5.61. The lowest BCUT2D eigenvalue weighted by atomic mass is 10.3. The van der Waals surface area contributed by atoms with Crippen molar-refractivity contribution >= 4 is 10.0 Å². The van der Waals surface area contributed by atoms with Gasteiger partial charge in [-0.25, -0.2) is 8.42 Å². The van der Waals surface area contributed by atoms with E-state index in [2.05, 4.69) is 5.32 Å². The molecule has 0 aromatic heterocycles. The molecule has 1 fully saturated rings. The monoisotopic (exact) mass is 312 g/mol. The molecule has 1 aromatic rings.